The molecule has 0 aromatic heterocycles. The zero-order valence-electron chi connectivity index (χ0n) is 13.4. The number of nitro groups is 1. The number of para-hydroxylation sites is 3. The van der Waals surface area contributed by atoms with Gasteiger partial charge in [0.2, 0.25) is 0 Å². The largest absolute Gasteiger partial charge is 0.495 e. The molecule has 0 N–H and O–H groups in total. The van der Waals surface area contributed by atoms with E-state index in [1.165, 1.54) is 31.4 Å². The first-order chi connectivity index (χ1) is 11.4. The Kier molecular flexibility index (Phi) is 5.40. The fourth-order valence-electron chi connectivity index (χ4n) is 2.35. The molecule has 2 aromatic carbocycles. The second-order valence-electron chi connectivity index (χ2n) is 4.97. The van der Waals surface area contributed by atoms with Crippen LogP contribution >= 0.6 is 0 Å². The van der Waals surface area contributed by atoms with E-state index >= 15 is 0 Å². The average molecular weight is 350 g/mol. The van der Waals surface area contributed by atoms with E-state index in [1.807, 2.05) is 6.92 Å². The molecule has 7 nitrogen and oxygen atoms in total. The second-order valence-corrected chi connectivity index (χ2v) is 6.80. The lowest BCUT2D eigenvalue weighted by Crippen LogP contribution is -2.32. The molecule has 8 heteroatoms. The predicted octanol–water partition coefficient (Wildman–Crippen LogP) is 3.21. The van der Waals surface area contributed by atoms with Gasteiger partial charge in [0.1, 0.15) is 5.75 Å². The van der Waals surface area contributed by atoms with Crippen molar-refractivity contribution < 1.29 is 18.1 Å². The molecule has 0 spiro atoms. The lowest BCUT2D eigenvalue weighted by Gasteiger charge is -2.25. The van der Waals surface area contributed by atoms with Crippen LogP contribution in [0.5, 0.6) is 5.75 Å². The summed E-state index contributed by atoms with van der Waals surface area (Å²) in [4.78, 5) is 10.2. The van der Waals surface area contributed by atoms with E-state index in [4.69, 9.17) is 4.74 Å². The molecule has 0 unspecified atom stereocenters. The van der Waals surface area contributed by atoms with Crippen LogP contribution in [0.3, 0.4) is 0 Å². The fourth-order valence-corrected chi connectivity index (χ4v) is 4.08. The molecule has 0 bridgehead atoms. The van der Waals surface area contributed by atoms with Gasteiger partial charge in [-0.3, -0.25) is 14.4 Å². The molecule has 128 valence electrons. The highest BCUT2D eigenvalue weighted by atomic mass is 32.2. The summed E-state index contributed by atoms with van der Waals surface area (Å²) in [5.74, 6) is 0.383. The third kappa shape index (κ3) is 3.33. The summed E-state index contributed by atoms with van der Waals surface area (Å²) in [6.45, 7) is 2.01. The van der Waals surface area contributed by atoms with Gasteiger partial charge in [-0.15, -0.1) is 0 Å². The summed E-state index contributed by atoms with van der Waals surface area (Å²) in [6, 6.07) is 12.0. The van der Waals surface area contributed by atoms with Gasteiger partial charge in [-0.25, -0.2) is 8.42 Å². The van der Waals surface area contributed by atoms with E-state index in [0.717, 1.165) is 4.31 Å². The summed E-state index contributed by atoms with van der Waals surface area (Å²) in [5.41, 5.74) is -0.103. The number of ether oxygens (including phenoxy) is 1. The maximum Gasteiger partial charge on any atom is 0.289 e. The Morgan fingerprint density at radius 3 is 2.38 bits per heavy atom. The standard InChI is InChI=1S/C16H18N2O5S/c1-3-12-17(13-8-4-6-10-15(13)23-2)24(21,22)16-11-7-5-9-14(16)18(19)20/h4-11H,3,12H2,1-2H3. The van der Waals surface area contributed by atoms with Gasteiger partial charge in [-0.1, -0.05) is 31.2 Å². The van der Waals surface area contributed by atoms with Gasteiger partial charge in [0.15, 0.2) is 4.90 Å². The van der Waals surface area contributed by atoms with Crippen molar-refractivity contribution in [3.8, 4) is 5.75 Å². The van der Waals surface area contributed by atoms with Crippen LogP contribution in [-0.4, -0.2) is 27.0 Å². The van der Waals surface area contributed by atoms with Crippen molar-refractivity contribution in [2.75, 3.05) is 18.0 Å². The van der Waals surface area contributed by atoms with Crippen molar-refractivity contribution in [2.24, 2.45) is 0 Å². The number of hydrogen-bond donors (Lipinski definition) is 0. The second kappa shape index (κ2) is 7.31. The van der Waals surface area contributed by atoms with E-state index in [0.29, 0.717) is 17.9 Å². The molecule has 0 saturated carbocycles. The van der Waals surface area contributed by atoms with E-state index in [2.05, 4.69) is 0 Å². The van der Waals surface area contributed by atoms with Gasteiger partial charge in [0.05, 0.1) is 17.7 Å². The van der Waals surface area contributed by atoms with Crippen molar-refractivity contribution in [1.82, 2.24) is 0 Å². The summed E-state index contributed by atoms with van der Waals surface area (Å²) >= 11 is 0. The number of sulfonamides is 1. The fraction of sp³-hybridized carbons (Fsp3) is 0.250. The van der Waals surface area contributed by atoms with Gasteiger partial charge in [0, 0.05) is 12.6 Å². The molecule has 0 aliphatic heterocycles. The van der Waals surface area contributed by atoms with Crippen molar-refractivity contribution in [3.05, 3.63) is 58.6 Å². The van der Waals surface area contributed by atoms with E-state index in [1.54, 1.807) is 24.3 Å². The first kappa shape index (κ1) is 17.7. The van der Waals surface area contributed by atoms with Crippen LogP contribution in [-0.2, 0) is 10.0 Å². The van der Waals surface area contributed by atoms with Crippen LogP contribution < -0.4 is 9.04 Å². The van der Waals surface area contributed by atoms with Gasteiger partial charge in [-0.2, -0.15) is 0 Å². The minimum Gasteiger partial charge on any atom is -0.495 e. The SMILES string of the molecule is CCCN(c1ccccc1OC)S(=O)(=O)c1ccccc1[N+](=O)[O-]. The number of benzene rings is 2. The first-order valence-corrected chi connectivity index (χ1v) is 8.76. The van der Waals surface area contributed by atoms with Crippen molar-refractivity contribution in [1.29, 1.82) is 0 Å². The molecule has 0 fully saturated rings. The Hall–Kier alpha value is -2.61. The Balaban J connectivity index is 2.65. The number of rotatable bonds is 7. The Labute approximate surface area is 140 Å². The van der Waals surface area contributed by atoms with E-state index < -0.39 is 20.6 Å². The van der Waals surface area contributed by atoms with Gasteiger partial charge >= 0.3 is 0 Å². The Morgan fingerprint density at radius 2 is 1.75 bits per heavy atom. The summed E-state index contributed by atoms with van der Waals surface area (Å²) in [6.07, 6.45) is 0.540. The van der Waals surface area contributed by atoms with Crippen LogP contribution in [0.25, 0.3) is 0 Å². The minimum absolute atomic E-state index is 0.175. The maximum absolute atomic E-state index is 13.1. The van der Waals surface area contributed by atoms with E-state index in [-0.39, 0.29) is 11.4 Å². The number of anilines is 1. The highest BCUT2D eigenvalue weighted by molar-refractivity contribution is 7.93. The molecule has 0 saturated heterocycles. The zero-order chi connectivity index (χ0) is 17.7. The molecular formula is C16H18N2O5S. The molecule has 24 heavy (non-hydrogen) atoms. The van der Waals surface area contributed by atoms with Crippen LogP contribution in [0.2, 0.25) is 0 Å². The quantitative estimate of drug-likeness (QED) is 0.565. The predicted molar refractivity (Wildman–Crippen MR) is 90.9 cm³/mol. The average Bonchev–Trinajstić information content (AvgIpc) is 2.59. The minimum atomic E-state index is -4.11. The molecular weight excluding hydrogens is 332 g/mol. The molecule has 0 heterocycles. The smallest absolute Gasteiger partial charge is 0.289 e. The lowest BCUT2D eigenvalue weighted by atomic mass is 10.3. The van der Waals surface area contributed by atoms with Crippen LogP contribution in [0.15, 0.2) is 53.4 Å². The van der Waals surface area contributed by atoms with Gasteiger partial charge in [-0.05, 0) is 24.6 Å². The highest BCUT2D eigenvalue weighted by Gasteiger charge is 2.32. The van der Waals surface area contributed by atoms with Crippen LogP contribution in [0.1, 0.15) is 13.3 Å². The topological polar surface area (TPSA) is 89.8 Å². The van der Waals surface area contributed by atoms with Crippen LogP contribution in [0.4, 0.5) is 11.4 Å². The number of nitrogens with zero attached hydrogens (tertiary/aromatic N) is 2. The molecule has 0 aliphatic carbocycles. The third-order valence-electron chi connectivity index (χ3n) is 3.41. The molecule has 0 aliphatic rings. The van der Waals surface area contributed by atoms with Gasteiger partial charge in [0.25, 0.3) is 15.7 Å². The number of hydrogen-bond acceptors (Lipinski definition) is 5. The highest BCUT2D eigenvalue weighted by Crippen LogP contribution is 2.34. The normalized spacial score (nSPS) is 11.1. The van der Waals surface area contributed by atoms with E-state index in [9.17, 15) is 18.5 Å². The lowest BCUT2D eigenvalue weighted by molar-refractivity contribution is -0.387. The van der Waals surface area contributed by atoms with Crippen molar-refractivity contribution >= 4 is 21.4 Å². The Morgan fingerprint density at radius 1 is 1.12 bits per heavy atom. The van der Waals surface area contributed by atoms with Crippen LogP contribution in [0, 0.1) is 10.1 Å². The summed E-state index contributed by atoms with van der Waals surface area (Å²) in [5, 5.41) is 11.2. The van der Waals surface area contributed by atoms with Crippen molar-refractivity contribution in [3.63, 3.8) is 0 Å². The zero-order valence-corrected chi connectivity index (χ0v) is 14.2. The molecule has 2 rings (SSSR count). The number of nitro benzene ring substituents is 1. The number of methoxy groups -OCH3 is 1. The summed E-state index contributed by atoms with van der Waals surface area (Å²) < 4.78 is 32.6. The third-order valence-corrected chi connectivity index (χ3v) is 5.27. The summed E-state index contributed by atoms with van der Waals surface area (Å²) in [7, 11) is -2.67. The molecule has 0 amide bonds. The first-order valence-electron chi connectivity index (χ1n) is 7.32. The molecule has 2 aromatic rings. The van der Waals surface area contributed by atoms with Crippen molar-refractivity contribution in [2.45, 2.75) is 18.2 Å². The molecule has 0 radical (unpaired) electrons. The molecule has 0 atom stereocenters. The maximum atomic E-state index is 13.1. The monoisotopic (exact) mass is 350 g/mol. The Bertz CT molecular complexity index is 836. The van der Waals surface area contributed by atoms with Gasteiger partial charge < -0.3 is 4.74 Å².